The first kappa shape index (κ1) is 29.0. The highest BCUT2D eigenvalue weighted by atomic mass is 32.2. The standard InChI is InChI=1S/C31H36N4O4S2/c1-5-33(6-2)20-21-34(31-32-28-27(39-4)18-13-22(3)29(28)40-31)30(36)24-14-16-25(17-15-24)41(37,38)35-19-9-11-23-10-7-8-12-26(23)35/h7-8,10,12-18H,5-6,9,11,19-21H2,1-4H3. The van der Waals surface area contributed by atoms with Crippen molar-refractivity contribution in [3.05, 3.63) is 77.4 Å². The summed E-state index contributed by atoms with van der Waals surface area (Å²) in [5.74, 6) is 0.443. The van der Waals surface area contributed by atoms with Crippen LogP contribution in [-0.2, 0) is 16.4 Å². The van der Waals surface area contributed by atoms with Crippen molar-refractivity contribution in [2.75, 3.05) is 49.0 Å². The van der Waals surface area contributed by atoms with Crippen molar-refractivity contribution in [2.45, 2.75) is 38.5 Å². The second-order valence-corrected chi connectivity index (χ2v) is 12.9. The van der Waals surface area contributed by atoms with Gasteiger partial charge in [-0.2, -0.15) is 0 Å². The van der Waals surface area contributed by atoms with Gasteiger partial charge in [0.1, 0.15) is 11.3 Å². The Morgan fingerprint density at radius 3 is 2.46 bits per heavy atom. The highest BCUT2D eigenvalue weighted by Gasteiger charge is 2.30. The first-order valence-electron chi connectivity index (χ1n) is 14.0. The van der Waals surface area contributed by atoms with Crippen LogP contribution in [0.3, 0.4) is 0 Å². The number of aromatic nitrogens is 1. The van der Waals surface area contributed by atoms with Crippen LogP contribution in [0.5, 0.6) is 5.75 Å². The average molecular weight is 593 g/mol. The number of hydrogen-bond acceptors (Lipinski definition) is 7. The summed E-state index contributed by atoms with van der Waals surface area (Å²) in [5.41, 5.74) is 3.96. The van der Waals surface area contributed by atoms with E-state index in [1.165, 1.54) is 27.8 Å². The first-order valence-corrected chi connectivity index (χ1v) is 16.2. The number of benzene rings is 3. The Morgan fingerprint density at radius 1 is 1.02 bits per heavy atom. The molecule has 0 aliphatic carbocycles. The molecule has 10 heteroatoms. The maximum absolute atomic E-state index is 14.0. The maximum atomic E-state index is 14.0. The van der Waals surface area contributed by atoms with E-state index in [1.807, 2.05) is 43.3 Å². The van der Waals surface area contributed by atoms with Gasteiger partial charge in [-0.1, -0.05) is 49.4 Å². The Bertz CT molecular complexity index is 1650. The lowest BCUT2D eigenvalue weighted by Gasteiger charge is -2.30. The number of methoxy groups -OCH3 is 1. The minimum Gasteiger partial charge on any atom is -0.494 e. The summed E-state index contributed by atoms with van der Waals surface area (Å²) < 4.78 is 35.3. The number of sulfonamides is 1. The number of rotatable bonds is 10. The van der Waals surface area contributed by atoms with E-state index in [0.717, 1.165) is 53.0 Å². The second-order valence-electron chi connectivity index (χ2n) is 10.1. The van der Waals surface area contributed by atoms with Crippen molar-refractivity contribution in [3.63, 3.8) is 0 Å². The maximum Gasteiger partial charge on any atom is 0.264 e. The van der Waals surface area contributed by atoms with E-state index in [0.29, 0.717) is 36.1 Å². The normalized spacial score (nSPS) is 13.4. The number of carbonyl (C=O) groups is 1. The molecule has 4 aromatic rings. The third kappa shape index (κ3) is 5.68. The predicted molar refractivity (Wildman–Crippen MR) is 166 cm³/mol. The molecule has 1 aliphatic rings. The predicted octanol–water partition coefficient (Wildman–Crippen LogP) is 5.74. The Hall–Kier alpha value is -3.47. The molecule has 8 nitrogen and oxygen atoms in total. The van der Waals surface area contributed by atoms with Crippen molar-refractivity contribution in [2.24, 2.45) is 0 Å². The van der Waals surface area contributed by atoms with Crippen LogP contribution in [0, 0.1) is 6.92 Å². The number of ether oxygens (including phenoxy) is 1. The van der Waals surface area contributed by atoms with Gasteiger partial charge in [0, 0.05) is 25.2 Å². The number of thiazole rings is 1. The van der Waals surface area contributed by atoms with Crippen LogP contribution in [0.15, 0.2) is 65.6 Å². The summed E-state index contributed by atoms with van der Waals surface area (Å²) in [4.78, 5) is 22.9. The third-order valence-electron chi connectivity index (χ3n) is 7.68. The summed E-state index contributed by atoms with van der Waals surface area (Å²) >= 11 is 1.46. The smallest absolute Gasteiger partial charge is 0.264 e. The molecular formula is C31H36N4O4S2. The summed E-state index contributed by atoms with van der Waals surface area (Å²) in [6, 6.07) is 17.8. The minimum absolute atomic E-state index is 0.167. The van der Waals surface area contributed by atoms with E-state index >= 15 is 0 Å². The van der Waals surface area contributed by atoms with E-state index < -0.39 is 10.0 Å². The zero-order valence-electron chi connectivity index (χ0n) is 24.0. The van der Waals surface area contributed by atoms with Gasteiger partial charge in [0.05, 0.1) is 22.4 Å². The van der Waals surface area contributed by atoms with Crippen molar-refractivity contribution in [1.29, 1.82) is 0 Å². The van der Waals surface area contributed by atoms with Crippen LogP contribution in [0.4, 0.5) is 10.8 Å². The lowest BCUT2D eigenvalue weighted by atomic mass is 10.0. The zero-order chi connectivity index (χ0) is 29.1. The summed E-state index contributed by atoms with van der Waals surface area (Å²) in [6.07, 6.45) is 1.62. The fourth-order valence-electron chi connectivity index (χ4n) is 5.25. The van der Waals surface area contributed by atoms with E-state index in [2.05, 4.69) is 18.7 Å². The molecule has 41 heavy (non-hydrogen) atoms. The molecule has 0 N–H and O–H groups in total. The number of hydrogen-bond donors (Lipinski definition) is 0. The van der Waals surface area contributed by atoms with Gasteiger partial charge >= 0.3 is 0 Å². The number of amides is 1. The molecule has 1 aliphatic heterocycles. The topological polar surface area (TPSA) is 83.1 Å². The SMILES string of the molecule is CCN(CC)CCN(C(=O)c1ccc(S(=O)(=O)N2CCCc3ccccc32)cc1)c1nc2c(OC)ccc(C)c2s1. The number of carbonyl (C=O) groups excluding carboxylic acids is 1. The summed E-state index contributed by atoms with van der Waals surface area (Å²) in [5, 5.41) is 0.589. The number of aryl methyl sites for hydroxylation is 2. The van der Waals surface area contributed by atoms with Gasteiger partial charge in [0.25, 0.3) is 15.9 Å². The second kappa shape index (κ2) is 12.2. The molecule has 216 valence electrons. The van der Waals surface area contributed by atoms with Gasteiger partial charge in [-0.15, -0.1) is 0 Å². The zero-order valence-corrected chi connectivity index (χ0v) is 25.6. The van der Waals surface area contributed by atoms with Gasteiger partial charge in [0.2, 0.25) is 0 Å². The van der Waals surface area contributed by atoms with E-state index in [1.54, 1.807) is 24.1 Å². The molecule has 0 bridgehead atoms. The minimum atomic E-state index is -3.77. The largest absolute Gasteiger partial charge is 0.494 e. The number of nitrogens with zero attached hydrogens (tertiary/aromatic N) is 4. The summed E-state index contributed by atoms with van der Waals surface area (Å²) in [6.45, 7) is 9.53. The van der Waals surface area contributed by atoms with Gasteiger partial charge in [0.15, 0.2) is 5.13 Å². The molecule has 1 aromatic heterocycles. The lowest BCUT2D eigenvalue weighted by Crippen LogP contribution is -2.39. The number of anilines is 2. The Morgan fingerprint density at radius 2 is 1.76 bits per heavy atom. The van der Waals surface area contributed by atoms with Gasteiger partial charge in [-0.3, -0.25) is 14.0 Å². The molecule has 0 spiro atoms. The highest BCUT2D eigenvalue weighted by molar-refractivity contribution is 7.92. The molecule has 0 atom stereocenters. The van der Waals surface area contributed by atoms with Crippen LogP contribution in [0.25, 0.3) is 10.2 Å². The molecule has 0 saturated carbocycles. The highest BCUT2D eigenvalue weighted by Crippen LogP contribution is 2.37. The van der Waals surface area contributed by atoms with Crippen LogP contribution in [-0.4, -0.2) is 64.0 Å². The third-order valence-corrected chi connectivity index (χ3v) is 10.7. The Kier molecular flexibility index (Phi) is 8.63. The Labute approximate surface area is 246 Å². The molecule has 0 radical (unpaired) electrons. The fourth-order valence-corrected chi connectivity index (χ4v) is 7.86. The first-order chi connectivity index (χ1) is 19.8. The monoisotopic (exact) mass is 592 g/mol. The van der Waals surface area contributed by atoms with Crippen LogP contribution in [0.2, 0.25) is 0 Å². The van der Waals surface area contributed by atoms with Crippen molar-refractivity contribution < 1.29 is 17.9 Å². The molecule has 1 amide bonds. The molecular weight excluding hydrogens is 556 g/mol. The van der Waals surface area contributed by atoms with Crippen molar-refractivity contribution in [1.82, 2.24) is 9.88 Å². The van der Waals surface area contributed by atoms with Crippen LogP contribution >= 0.6 is 11.3 Å². The fraction of sp³-hybridized carbons (Fsp3) is 0.355. The lowest BCUT2D eigenvalue weighted by molar-refractivity contribution is 0.0983. The van der Waals surface area contributed by atoms with Crippen LogP contribution in [0.1, 0.15) is 41.8 Å². The number of fused-ring (bicyclic) bond motifs is 2. The summed E-state index contributed by atoms with van der Waals surface area (Å²) in [7, 11) is -2.16. The molecule has 5 rings (SSSR count). The van der Waals surface area contributed by atoms with Crippen molar-refractivity contribution >= 4 is 48.3 Å². The molecule has 0 fully saturated rings. The van der Waals surface area contributed by atoms with E-state index in [4.69, 9.17) is 9.72 Å². The van der Waals surface area contributed by atoms with Crippen LogP contribution < -0.4 is 13.9 Å². The average Bonchev–Trinajstić information content (AvgIpc) is 3.45. The Balaban J connectivity index is 1.47. The van der Waals surface area contributed by atoms with Crippen molar-refractivity contribution in [3.8, 4) is 5.75 Å². The quantitative estimate of drug-likeness (QED) is 0.234. The molecule has 3 aromatic carbocycles. The van der Waals surface area contributed by atoms with Gasteiger partial charge in [-0.25, -0.2) is 13.4 Å². The molecule has 0 saturated heterocycles. The van der Waals surface area contributed by atoms with E-state index in [9.17, 15) is 13.2 Å². The van der Waals surface area contributed by atoms with E-state index in [-0.39, 0.29) is 10.8 Å². The van der Waals surface area contributed by atoms with Gasteiger partial charge < -0.3 is 9.64 Å². The van der Waals surface area contributed by atoms with Gasteiger partial charge in [-0.05, 0) is 80.4 Å². The number of para-hydroxylation sites is 1. The number of likely N-dealkylation sites (N-methyl/N-ethyl adjacent to an activating group) is 1. The molecule has 2 heterocycles. The molecule has 0 unspecified atom stereocenters.